The second-order valence-electron chi connectivity index (χ2n) is 5.48. The Labute approximate surface area is 143 Å². The molecule has 1 aliphatic rings. The number of nitrogens with zero attached hydrogens (tertiary/aromatic N) is 2. The first kappa shape index (κ1) is 17.3. The third kappa shape index (κ3) is 3.18. The van der Waals surface area contributed by atoms with E-state index in [2.05, 4.69) is 15.6 Å². The molecule has 134 valence electrons. The quantitative estimate of drug-likeness (QED) is 0.765. The van der Waals surface area contributed by atoms with Crippen molar-refractivity contribution >= 4 is 39.4 Å². The highest BCUT2D eigenvalue weighted by atomic mass is 32.1. The van der Waals surface area contributed by atoms with Crippen LogP contribution in [0.4, 0.5) is 23.8 Å². The first-order valence-electron chi connectivity index (χ1n) is 7.16. The highest BCUT2D eigenvalue weighted by Gasteiger charge is 2.37. The molecule has 3 rings (SSSR count). The van der Waals surface area contributed by atoms with Gasteiger partial charge in [-0.25, -0.2) is 9.78 Å². The molecule has 0 atom stereocenters. The van der Waals surface area contributed by atoms with E-state index < -0.39 is 23.7 Å². The summed E-state index contributed by atoms with van der Waals surface area (Å²) >= 11 is 0.814. The maximum absolute atomic E-state index is 13.4. The molecule has 0 aromatic carbocycles. The Kier molecular flexibility index (Phi) is 4.19. The summed E-state index contributed by atoms with van der Waals surface area (Å²) in [5.74, 6) is -0.454. The van der Waals surface area contributed by atoms with E-state index in [9.17, 15) is 22.8 Å². The summed E-state index contributed by atoms with van der Waals surface area (Å²) in [5, 5.41) is 14.6. The number of aromatic nitrogens is 1. The molecule has 3 N–H and O–H groups in total. The molecule has 0 bridgehead atoms. The van der Waals surface area contributed by atoms with E-state index >= 15 is 0 Å². The van der Waals surface area contributed by atoms with Gasteiger partial charge in [-0.3, -0.25) is 4.79 Å². The number of hydrogen-bond acceptors (Lipinski definition) is 5. The van der Waals surface area contributed by atoms with Crippen LogP contribution in [0, 0.1) is 0 Å². The number of carbonyl (C=O) groups is 2. The molecule has 1 saturated heterocycles. The van der Waals surface area contributed by atoms with Gasteiger partial charge in [-0.05, 0) is 6.07 Å². The van der Waals surface area contributed by atoms with Gasteiger partial charge in [0, 0.05) is 25.5 Å². The second kappa shape index (κ2) is 6.06. The minimum atomic E-state index is -4.59. The number of carboxylic acid groups (broad SMARTS) is 1. The number of anilines is 1. The fourth-order valence-corrected chi connectivity index (χ4v) is 3.62. The highest BCUT2D eigenvalue weighted by Crippen LogP contribution is 2.40. The van der Waals surface area contributed by atoms with Crippen LogP contribution in [0.15, 0.2) is 11.4 Å². The van der Waals surface area contributed by atoms with Crippen LogP contribution >= 0.6 is 11.3 Å². The second-order valence-corrected chi connectivity index (χ2v) is 6.36. The number of alkyl halides is 3. The van der Waals surface area contributed by atoms with Crippen LogP contribution in [-0.4, -0.2) is 48.3 Å². The minimum absolute atomic E-state index is 0.0104. The van der Waals surface area contributed by atoms with E-state index in [0.29, 0.717) is 0 Å². The smallest absolute Gasteiger partial charge is 0.417 e. The fraction of sp³-hybridized carbons (Fsp3) is 0.357. The van der Waals surface area contributed by atoms with E-state index in [0.717, 1.165) is 17.4 Å². The van der Waals surface area contributed by atoms with Gasteiger partial charge in [0.1, 0.15) is 5.82 Å². The lowest BCUT2D eigenvalue weighted by atomic mass is 10.1. The highest BCUT2D eigenvalue weighted by molar-refractivity contribution is 7.17. The molecular formula is C14H13F3N4O3S. The van der Waals surface area contributed by atoms with E-state index in [1.54, 1.807) is 0 Å². The molecule has 3 heterocycles. The van der Waals surface area contributed by atoms with Crippen LogP contribution < -0.4 is 15.5 Å². The van der Waals surface area contributed by atoms with Gasteiger partial charge >= 0.3 is 12.3 Å². The predicted octanol–water partition coefficient (Wildman–Crippen LogP) is 2.13. The standard InChI is InChI=1S/C14H13F3N4O3S/c1-18-12(22)7-5-25-11-8(14(15,16)17)2-9(20-10(7)11)21-3-6(4-21)19-13(23)24/h2,5-6,19H,3-4H2,1H3,(H,18,22)(H,23,24). The lowest BCUT2D eigenvalue weighted by Crippen LogP contribution is -2.59. The average molecular weight is 374 g/mol. The number of amides is 2. The van der Waals surface area contributed by atoms with Gasteiger partial charge in [-0.15, -0.1) is 11.3 Å². The summed E-state index contributed by atoms with van der Waals surface area (Å²) in [6, 6.07) is 0.564. The maximum Gasteiger partial charge on any atom is 0.417 e. The third-order valence-electron chi connectivity index (χ3n) is 3.82. The summed E-state index contributed by atoms with van der Waals surface area (Å²) < 4.78 is 40.1. The monoisotopic (exact) mass is 374 g/mol. The Hall–Kier alpha value is -2.56. The summed E-state index contributed by atoms with van der Waals surface area (Å²) in [7, 11) is 1.39. The number of pyridine rings is 1. The topological polar surface area (TPSA) is 94.6 Å². The Balaban J connectivity index is 2.02. The van der Waals surface area contributed by atoms with Crippen molar-refractivity contribution in [2.45, 2.75) is 12.2 Å². The zero-order valence-electron chi connectivity index (χ0n) is 12.8. The summed E-state index contributed by atoms with van der Waals surface area (Å²) in [6.45, 7) is 0.420. The molecule has 0 spiro atoms. The molecule has 11 heteroatoms. The van der Waals surface area contributed by atoms with Gasteiger partial charge in [0.05, 0.1) is 27.4 Å². The molecule has 0 radical (unpaired) electrons. The van der Waals surface area contributed by atoms with Gasteiger partial charge in [-0.2, -0.15) is 13.2 Å². The van der Waals surface area contributed by atoms with Gasteiger partial charge in [0.15, 0.2) is 0 Å². The van der Waals surface area contributed by atoms with Crippen LogP contribution in [0.1, 0.15) is 15.9 Å². The minimum Gasteiger partial charge on any atom is -0.465 e. The SMILES string of the molecule is CNC(=O)c1csc2c(C(F)(F)F)cc(N3CC(NC(=O)O)C3)nc12. The zero-order valence-corrected chi connectivity index (χ0v) is 13.7. The van der Waals surface area contributed by atoms with Crippen molar-refractivity contribution in [1.82, 2.24) is 15.6 Å². The van der Waals surface area contributed by atoms with Gasteiger partial charge in [0.2, 0.25) is 0 Å². The van der Waals surface area contributed by atoms with Crippen molar-refractivity contribution in [1.29, 1.82) is 0 Å². The normalized spacial score (nSPS) is 15.1. The summed E-state index contributed by atoms with van der Waals surface area (Å²) in [5.41, 5.74) is -0.790. The van der Waals surface area contributed by atoms with Crippen LogP contribution in [0.25, 0.3) is 10.2 Å². The number of rotatable bonds is 3. The van der Waals surface area contributed by atoms with E-state index in [1.807, 2.05) is 0 Å². The first-order chi connectivity index (χ1) is 11.7. The zero-order chi connectivity index (χ0) is 18.4. The molecule has 2 aromatic rings. The van der Waals surface area contributed by atoms with Crippen molar-refractivity contribution in [2.75, 3.05) is 25.0 Å². The molecule has 1 fully saturated rings. The molecule has 25 heavy (non-hydrogen) atoms. The first-order valence-corrected chi connectivity index (χ1v) is 8.04. The molecule has 0 aliphatic carbocycles. The van der Waals surface area contributed by atoms with E-state index in [4.69, 9.17) is 5.11 Å². The van der Waals surface area contributed by atoms with E-state index in [1.165, 1.54) is 17.3 Å². The molecule has 2 amide bonds. The molecule has 0 saturated carbocycles. The fourth-order valence-electron chi connectivity index (χ4n) is 2.60. The molecule has 7 nitrogen and oxygen atoms in total. The van der Waals surface area contributed by atoms with Crippen LogP contribution in [0.3, 0.4) is 0 Å². The van der Waals surface area contributed by atoms with Crippen LogP contribution in [-0.2, 0) is 6.18 Å². The van der Waals surface area contributed by atoms with Gasteiger partial charge in [-0.1, -0.05) is 0 Å². The average Bonchev–Trinajstić information content (AvgIpc) is 2.91. The summed E-state index contributed by atoms with van der Waals surface area (Å²) in [6.07, 6.45) is -5.78. The Bertz CT molecular complexity index is 846. The Morgan fingerprint density at radius 1 is 1.40 bits per heavy atom. The lowest BCUT2D eigenvalue weighted by Gasteiger charge is -2.40. The molecule has 2 aromatic heterocycles. The predicted molar refractivity (Wildman–Crippen MR) is 85.2 cm³/mol. The molecule has 0 unspecified atom stereocenters. The number of thiophene rings is 1. The Morgan fingerprint density at radius 2 is 2.08 bits per heavy atom. The number of carbonyl (C=O) groups excluding carboxylic acids is 1. The van der Waals surface area contributed by atoms with Crippen LogP contribution in [0.2, 0.25) is 0 Å². The number of fused-ring (bicyclic) bond motifs is 1. The third-order valence-corrected chi connectivity index (χ3v) is 4.82. The maximum atomic E-state index is 13.4. The number of nitrogens with one attached hydrogen (secondary N) is 2. The van der Waals surface area contributed by atoms with Crippen molar-refractivity contribution in [3.05, 3.63) is 22.6 Å². The molecule has 1 aliphatic heterocycles. The van der Waals surface area contributed by atoms with Crippen LogP contribution in [0.5, 0.6) is 0 Å². The van der Waals surface area contributed by atoms with Crippen molar-refractivity contribution < 1.29 is 27.9 Å². The Morgan fingerprint density at radius 3 is 2.64 bits per heavy atom. The van der Waals surface area contributed by atoms with Crippen molar-refractivity contribution in [3.8, 4) is 0 Å². The summed E-state index contributed by atoms with van der Waals surface area (Å²) in [4.78, 5) is 28.2. The van der Waals surface area contributed by atoms with Gasteiger partial charge in [0.25, 0.3) is 5.91 Å². The van der Waals surface area contributed by atoms with Crippen molar-refractivity contribution in [2.24, 2.45) is 0 Å². The van der Waals surface area contributed by atoms with E-state index in [-0.39, 0.29) is 40.7 Å². The number of hydrogen-bond donors (Lipinski definition) is 3. The molecular weight excluding hydrogens is 361 g/mol. The van der Waals surface area contributed by atoms with Gasteiger partial charge < -0.3 is 20.6 Å². The largest absolute Gasteiger partial charge is 0.465 e. The lowest BCUT2D eigenvalue weighted by molar-refractivity contribution is -0.136. The number of halogens is 3. The van der Waals surface area contributed by atoms with Crippen molar-refractivity contribution in [3.63, 3.8) is 0 Å².